The van der Waals surface area contributed by atoms with E-state index in [-0.39, 0.29) is 17.5 Å². The fourth-order valence-corrected chi connectivity index (χ4v) is 3.46. The molecule has 1 aromatic carbocycles. The molecule has 0 saturated heterocycles. The summed E-state index contributed by atoms with van der Waals surface area (Å²) in [5, 5.41) is 23.7. The van der Waals surface area contributed by atoms with E-state index in [0.717, 1.165) is 29.9 Å². The number of nitro groups is 1. The molecule has 1 fully saturated rings. The van der Waals surface area contributed by atoms with E-state index in [1.54, 1.807) is 0 Å². The minimum Gasteiger partial charge on any atom is -0.361 e. The lowest BCUT2D eigenvalue weighted by atomic mass is 10.2. The van der Waals surface area contributed by atoms with Crippen molar-refractivity contribution in [1.82, 2.24) is 24.7 Å². The van der Waals surface area contributed by atoms with Gasteiger partial charge in [-0.15, -0.1) is 10.2 Å². The van der Waals surface area contributed by atoms with Crippen LogP contribution < -0.4 is 5.32 Å². The summed E-state index contributed by atoms with van der Waals surface area (Å²) in [6.45, 7) is 3.89. The Morgan fingerprint density at radius 1 is 1.26 bits per heavy atom. The van der Waals surface area contributed by atoms with E-state index >= 15 is 0 Å². The first kappa shape index (κ1) is 17.4. The molecule has 9 nitrogen and oxygen atoms in total. The van der Waals surface area contributed by atoms with Crippen LogP contribution in [0.5, 0.6) is 0 Å². The Labute approximate surface area is 159 Å². The van der Waals surface area contributed by atoms with E-state index in [4.69, 9.17) is 0 Å². The van der Waals surface area contributed by atoms with Crippen molar-refractivity contribution >= 4 is 23.3 Å². The molecule has 0 spiro atoms. The molecule has 4 rings (SSSR count). The standard InChI is InChI=1S/C17H17N7O2S/c1-10-5-3-4-6-13(10)23-11(2)21-22-17(23)27-16-18-9-14(24(25)26)15(20-16)19-12-7-8-12/h3-6,9,12H,7-8H2,1-2H3,(H,18,19,20). The summed E-state index contributed by atoms with van der Waals surface area (Å²) in [5.41, 5.74) is 1.94. The average molecular weight is 383 g/mol. The second-order valence-electron chi connectivity index (χ2n) is 6.32. The second-order valence-corrected chi connectivity index (χ2v) is 7.25. The van der Waals surface area contributed by atoms with Gasteiger partial charge in [0.05, 0.1) is 10.6 Å². The fourth-order valence-electron chi connectivity index (χ4n) is 2.65. The maximum absolute atomic E-state index is 11.2. The van der Waals surface area contributed by atoms with Crippen molar-refractivity contribution in [3.8, 4) is 5.69 Å². The van der Waals surface area contributed by atoms with Gasteiger partial charge in [-0.1, -0.05) is 18.2 Å². The van der Waals surface area contributed by atoms with Crippen molar-refractivity contribution < 1.29 is 4.92 Å². The largest absolute Gasteiger partial charge is 0.361 e. The van der Waals surface area contributed by atoms with Crippen LogP contribution in [0.1, 0.15) is 24.2 Å². The number of aromatic nitrogens is 5. The summed E-state index contributed by atoms with van der Waals surface area (Å²) in [7, 11) is 0. The molecule has 138 valence electrons. The van der Waals surface area contributed by atoms with Crippen LogP contribution in [0.3, 0.4) is 0 Å². The van der Waals surface area contributed by atoms with Gasteiger partial charge in [0, 0.05) is 6.04 Å². The first-order chi connectivity index (χ1) is 13.0. The molecule has 27 heavy (non-hydrogen) atoms. The zero-order valence-electron chi connectivity index (χ0n) is 14.8. The third-order valence-corrected chi connectivity index (χ3v) is 5.02. The highest BCUT2D eigenvalue weighted by atomic mass is 32.2. The first-order valence-corrected chi connectivity index (χ1v) is 9.28. The van der Waals surface area contributed by atoms with Crippen LogP contribution in [0.2, 0.25) is 0 Å². The van der Waals surface area contributed by atoms with Crippen LogP contribution in [0, 0.1) is 24.0 Å². The smallest absolute Gasteiger partial charge is 0.329 e. The number of hydrogen-bond acceptors (Lipinski definition) is 8. The van der Waals surface area contributed by atoms with Crippen LogP contribution in [0.15, 0.2) is 40.8 Å². The quantitative estimate of drug-likeness (QED) is 0.392. The minimum absolute atomic E-state index is 0.122. The van der Waals surface area contributed by atoms with E-state index < -0.39 is 4.92 Å². The maximum atomic E-state index is 11.2. The van der Waals surface area contributed by atoms with Crippen LogP contribution in [-0.2, 0) is 0 Å². The Bertz CT molecular complexity index is 1020. The van der Waals surface area contributed by atoms with Crippen LogP contribution in [-0.4, -0.2) is 35.7 Å². The average Bonchev–Trinajstić information content (AvgIpc) is 3.38. The zero-order chi connectivity index (χ0) is 19.0. The van der Waals surface area contributed by atoms with E-state index in [9.17, 15) is 10.1 Å². The van der Waals surface area contributed by atoms with Crippen LogP contribution in [0.25, 0.3) is 5.69 Å². The molecule has 0 amide bonds. The van der Waals surface area contributed by atoms with E-state index in [1.807, 2.05) is 42.7 Å². The lowest BCUT2D eigenvalue weighted by Gasteiger charge is -2.11. The van der Waals surface area contributed by atoms with E-state index in [1.165, 1.54) is 18.0 Å². The van der Waals surface area contributed by atoms with Gasteiger partial charge in [0.2, 0.25) is 11.0 Å². The van der Waals surface area contributed by atoms with Crippen molar-refractivity contribution in [1.29, 1.82) is 0 Å². The summed E-state index contributed by atoms with van der Waals surface area (Å²) < 4.78 is 1.93. The monoisotopic (exact) mass is 383 g/mol. The molecule has 1 saturated carbocycles. The molecule has 0 radical (unpaired) electrons. The number of rotatable bonds is 6. The van der Waals surface area contributed by atoms with Gasteiger partial charge in [0.15, 0.2) is 5.16 Å². The maximum Gasteiger partial charge on any atom is 0.329 e. The van der Waals surface area contributed by atoms with Gasteiger partial charge in [0.25, 0.3) is 0 Å². The number of hydrogen-bond donors (Lipinski definition) is 1. The summed E-state index contributed by atoms with van der Waals surface area (Å²) in [4.78, 5) is 19.2. The molecule has 10 heteroatoms. The second kappa shape index (κ2) is 6.95. The lowest BCUT2D eigenvalue weighted by Crippen LogP contribution is -2.08. The molecule has 0 bridgehead atoms. The Balaban J connectivity index is 1.69. The minimum atomic E-state index is -0.473. The zero-order valence-corrected chi connectivity index (χ0v) is 15.6. The van der Waals surface area contributed by atoms with Crippen molar-refractivity contribution in [2.75, 3.05) is 5.32 Å². The first-order valence-electron chi connectivity index (χ1n) is 8.47. The molecular formula is C17H17N7O2S. The topological polar surface area (TPSA) is 112 Å². The molecule has 1 N–H and O–H groups in total. The number of para-hydroxylation sites is 1. The van der Waals surface area contributed by atoms with Gasteiger partial charge < -0.3 is 5.32 Å². The molecular weight excluding hydrogens is 366 g/mol. The lowest BCUT2D eigenvalue weighted by molar-refractivity contribution is -0.384. The molecule has 0 atom stereocenters. The van der Waals surface area contributed by atoms with Crippen molar-refractivity contribution in [3.05, 3.63) is 52.0 Å². The van der Waals surface area contributed by atoms with Gasteiger partial charge >= 0.3 is 5.69 Å². The third kappa shape index (κ3) is 3.61. The highest BCUT2D eigenvalue weighted by Gasteiger charge is 2.27. The summed E-state index contributed by atoms with van der Waals surface area (Å²) in [6, 6.07) is 8.18. The Morgan fingerprint density at radius 2 is 2.04 bits per heavy atom. The third-order valence-electron chi connectivity index (χ3n) is 4.20. The Hall–Kier alpha value is -3.01. The number of benzene rings is 1. The van der Waals surface area contributed by atoms with Gasteiger partial charge in [-0.3, -0.25) is 14.7 Å². The fraction of sp³-hybridized carbons (Fsp3) is 0.294. The molecule has 1 aliphatic carbocycles. The summed E-state index contributed by atoms with van der Waals surface area (Å²) in [5.74, 6) is 0.990. The van der Waals surface area contributed by atoms with E-state index in [2.05, 4.69) is 25.5 Å². The molecule has 3 aromatic rings. The Kier molecular flexibility index (Phi) is 4.48. The van der Waals surface area contributed by atoms with Crippen molar-refractivity contribution in [2.24, 2.45) is 0 Å². The predicted molar refractivity (Wildman–Crippen MR) is 100 cm³/mol. The SMILES string of the molecule is Cc1ccccc1-n1c(C)nnc1Sc1ncc([N+](=O)[O-])c(NC2CC2)n1. The predicted octanol–water partition coefficient (Wildman–Crippen LogP) is 3.31. The Morgan fingerprint density at radius 3 is 2.74 bits per heavy atom. The van der Waals surface area contributed by atoms with Crippen molar-refractivity contribution in [3.63, 3.8) is 0 Å². The van der Waals surface area contributed by atoms with Crippen molar-refractivity contribution in [2.45, 2.75) is 43.0 Å². The number of nitrogens with zero attached hydrogens (tertiary/aromatic N) is 6. The molecule has 0 aliphatic heterocycles. The molecule has 2 heterocycles. The summed E-state index contributed by atoms with van der Waals surface area (Å²) >= 11 is 1.23. The number of anilines is 1. The number of nitrogens with one attached hydrogen (secondary N) is 1. The highest BCUT2D eigenvalue weighted by molar-refractivity contribution is 7.99. The van der Waals surface area contributed by atoms with Gasteiger partial charge in [-0.2, -0.15) is 4.98 Å². The van der Waals surface area contributed by atoms with Gasteiger partial charge in [-0.25, -0.2) is 4.98 Å². The summed E-state index contributed by atoms with van der Waals surface area (Å²) in [6.07, 6.45) is 3.22. The normalized spacial score (nSPS) is 13.6. The number of aryl methyl sites for hydroxylation is 2. The van der Waals surface area contributed by atoms with Crippen LogP contribution >= 0.6 is 11.8 Å². The molecule has 0 unspecified atom stereocenters. The van der Waals surface area contributed by atoms with Crippen LogP contribution in [0.4, 0.5) is 11.5 Å². The highest BCUT2D eigenvalue weighted by Crippen LogP contribution is 2.33. The van der Waals surface area contributed by atoms with Gasteiger partial charge in [0.1, 0.15) is 12.0 Å². The molecule has 1 aliphatic rings. The van der Waals surface area contributed by atoms with E-state index in [0.29, 0.717) is 10.3 Å². The van der Waals surface area contributed by atoms with Gasteiger partial charge in [-0.05, 0) is 50.1 Å². The molecule has 2 aromatic heterocycles.